The molecule has 18 heavy (non-hydrogen) atoms. The number of carboxylic acid groups (broad SMARTS) is 1. The van der Waals surface area contributed by atoms with Crippen LogP contribution in [0.25, 0.3) is 0 Å². The third-order valence-electron chi connectivity index (χ3n) is 4.35. The smallest absolute Gasteiger partial charge is 0.303 e. The minimum Gasteiger partial charge on any atom is -0.481 e. The van der Waals surface area contributed by atoms with Crippen LogP contribution in [0.1, 0.15) is 49.9 Å². The lowest BCUT2D eigenvalue weighted by Crippen LogP contribution is -2.32. The van der Waals surface area contributed by atoms with E-state index < -0.39 is 5.97 Å². The van der Waals surface area contributed by atoms with E-state index in [-0.39, 0.29) is 5.41 Å². The maximum atomic E-state index is 11.2. The van der Waals surface area contributed by atoms with Crippen molar-refractivity contribution in [2.24, 2.45) is 5.41 Å². The fourth-order valence-corrected chi connectivity index (χ4v) is 3.30. The normalized spacial score (nSPS) is 18.8. The fraction of sp³-hybridized carbons (Fsp3) is 0.667. The highest BCUT2D eigenvalue weighted by Gasteiger charge is 2.35. The number of aliphatic carboxylic acids is 1. The van der Waals surface area contributed by atoms with Crippen LogP contribution < -0.4 is 0 Å². The molecule has 1 aliphatic carbocycles. The molecule has 1 aromatic heterocycles. The van der Waals surface area contributed by atoms with Crippen molar-refractivity contribution in [1.29, 1.82) is 0 Å². The van der Waals surface area contributed by atoms with Crippen molar-refractivity contribution in [1.82, 2.24) is 4.57 Å². The van der Waals surface area contributed by atoms with Crippen molar-refractivity contribution in [3.8, 4) is 0 Å². The van der Waals surface area contributed by atoms with Crippen LogP contribution >= 0.6 is 0 Å². The average Bonchev–Trinajstić information content (AvgIpc) is 2.61. The van der Waals surface area contributed by atoms with E-state index in [0.717, 1.165) is 19.4 Å². The highest BCUT2D eigenvalue weighted by molar-refractivity contribution is 5.67. The molecule has 3 nitrogen and oxygen atoms in total. The summed E-state index contributed by atoms with van der Waals surface area (Å²) in [6, 6.07) is 4.24. The molecule has 3 heteroatoms. The van der Waals surface area contributed by atoms with Gasteiger partial charge in [0.1, 0.15) is 0 Å². The van der Waals surface area contributed by atoms with Gasteiger partial charge >= 0.3 is 5.97 Å². The van der Waals surface area contributed by atoms with Crippen LogP contribution in [0, 0.1) is 19.3 Å². The molecular weight excluding hydrogens is 226 g/mol. The second-order valence-corrected chi connectivity index (χ2v) is 5.83. The number of hydrogen-bond acceptors (Lipinski definition) is 1. The van der Waals surface area contributed by atoms with E-state index in [1.54, 1.807) is 0 Å². The van der Waals surface area contributed by atoms with Crippen molar-refractivity contribution in [3.05, 3.63) is 23.5 Å². The molecule has 1 saturated carbocycles. The number of hydrogen-bond donors (Lipinski definition) is 1. The minimum atomic E-state index is -0.653. The summed E-state index contributed by atoms with van der Waals surface area (Å²) in [7, 11) is 0. The number of rotatable bonds is 4. The van der Waals surface area contributed by atoms with Crippen molar-refractivity contribution < 1.29 is 9.90 Å². The maximum absolute atomic E-state index is 11.2. The Hall–Kier alpha value is -1.25. The molecule has 1 heterocycles. The molecule has 0 aliphatic heterocycles. The lowest BCUT2D eigenvalue weighted by molar-refractivity contribution is -0.140. The molecule has 1 aliphatic rings. The molecule has 100 valence electrons. The van der Waals surface area contributed by atoms with Crippen molar-refractivity contribution in [2.45, 2.75) is 58.9 Å². The van der Waals surface area contributed by atoms with Crippen LogP contribution in [-0.2, 0) is 11.3 Å². The van der Waals surface area contributed by atoms with Crippen LogP contribution in [0.2, 0.25) is 0 Å². The number of nitrogens with zero attached hydrogens (tertiary/aromatic N) is 1. The topological polar surface area (TPSA) is 42.2 Å². The summed E-state index contributed by atoms with van der Waals surface area (Å²) < 4.78 is 2.29. The van der Waals surface area contributed by atoms with Gasteiger partial charge in [-0.05, 0) is 44.2 Å². The van der Waals surface area contributed by atoms with E-state index in [1.807, 2.05) is 0 Å². The molecule has 0 bridgehead atoms. The van der Waals surface area contributed by atoms with Gasteiger partial charge in [-0.25, -0.2) is 0 Å². The second kappa shape index (κ2) is 5.17. The van der Waals surface area contributed by atoms with Crippen molar-refractivity contribution in [3.63, 3.8) is 0 Å². The largest absolute Gasteiger partial charge is 0.481 e. The first kappa shape index (κ1) is 13.2. The van der Waals surface area contributed by atoms with Crippen LogP contribution in [0.4, 0.5) is 0 Å². The summed E-state index contributed by atoms with van der Waals surface area (Å²) in [6.07, 6.45) is 6.01. The molecule has 0 aromatic carbocycles. The molecule has 0 unspecified atom stereocenters. The first-order chi connectivity index (χ1) is 8.52. The van der Waals surface area contributed by atoms with Crippen LogP contribution in [0.3, 0.4) is 0 Å². The summed E-state index contributed by atoms with van der Waals surface area (Å²) in [6.45, 7) is 5.07. The van der Waals surface area contributed by atoms with E-state index >= 15 is 0 Å². The summed E-state index contributed by atoms with van der Waals surface area (Å²) in [4.78, 5) is 11.2. The van der Waals surface area contributed by atoms with Gasteiger partial charge in [0.2, 0.25) is 0 Å². The molecule has 2 rings (SSSR count). The van der Waals surface area contributed by atoms with Gasteiger partial charge in [-0.15, -0.1) is 0 Å². The van der Waals surface area contributed by atoms with Gasteiger partial charge in [0.05, 0.1) is 6.42 Å². The molecular formula is C15H23NO2. The Balaban J connectivity index is 2.22. The standard InChI is InChI=1S/C15H23NO2/c1-12-6-7-13(2)16(12)11-15(10-14(17)18)8-4-3-5-9-15/h6-7H,3-5,8-11H2,1-2H3,(H,17,18). The van der Waals surface area contributed by atoms with Gasteiger partial charge < -0.3 is 9.67 Å². The van der Waals surface area contributed by atoms with E-state index in [9.17, 15) is 9.90 Å². The molecule has 0 spiro atoms. The number of aryl methyl sites for hydroxylation is 2. The van der Waals surface area contributed by atoms with Crippen molar-refractivity contribution in [2.75, 3.05) is 0 Å². The van der Waals surface area contributed by atoms with Gasteiger partial charge in [0, 0.05) is 17.9 Å². The lowest BCUT2D eigenvalue weighted by Gasteiger charge is -2.37. The predicted octanol–water partition coefficient (Wildman–Crippen LogP) is 3.53. The van der Waals surface area contributed by atoms with E-state index in [2.05, 4.69) is 30.5 Å². The SMILES string of the molecule is Cc1ccc(C)n1CC1(CC(=O)O)CCCCC1. The summed E-state index contributed by atoms with van der Waals surface area (Å²) in [5.41, 5.74) is 2.45. The van der Waals surface area contributed by atoms with Crippen LogP contribution in [-0.4, -0.2) is 15.6 Å². The zero-order valence-corrected chi connectivity index (χ0v) is 11.4. The maximum Gasteiger partial charge on any atom is 0.303 e. The Morgan fingerprint density at radius 1 is 1.22 bits per heavy atom. The zero-order chi connectivity index (χ0) is 13.2. The zero-order valence-electron chi connectivity index (χ0n) is 11.4. The highest BCUT2D eigenvalue weighted by Crippen LogP contribution is 2.41. The minimum absolute atomic E-state index is 0.0291. The molecule has 0 atom stereocenters. The van der Waals surface area contributed by atoms with Gasteiger partial charge in [-0.2, -0.15) is 0 Å². The van der Waals surface area contributed by atoms with Crippen molar-refractivity contribution >= 4 is 5.97 Å². The Morgan fingerprint density at radius 2 is 1.78 bits per heavy atom. The van der Waals surface area contributed by atoms with Crippen LogP contribution in [0.15, 0.2) is 12.1 Å². The second-order valence-electron chi connectivity index (χ2n) is 5.83. The van der Waals surface area contributed by atoms with E-state index in [4.69, 9.17) is 0 Å². The highest BCUT2D eigenvalue weighted by atomic mass is 16.4. The van der Waals surface area contributed by atoms with E-state index in [1.165, 1.54) is 30.7 Å². The van der Waals surface area contributed by atoms with Crippen LogP contribution in [0.5, 0.6) is 0 Å². The third kappa shape index (κ3) is 2.77. The average molecular weight is 249 g/mol. The molecule has 1 N–H and O–H groups in total. The molecule has 0 radical (unpaired) electrons. The Morgan fingerprint density at radius 3 is 2.28 bits per heavy atom. The fourth-order valence-electron chi connectivity index (χ4n) is 3.30. The number of aromatic nitrogens is 1. The first-order valence-electron chi connectivity index (χ1n) is 6.87. The summed E-state index contributed by atoms with van der Waals surface area (Å²) in [5, 5.41) is 9.19. The summed E-state index contributed by atoms with van der Waals surface area (Å²) >= 11 is 0. The first-order valence-corrected chi connectivity index (χ1v) is 6.87. The Bertz CT molecular complexity index is 408. The number of carboxylic acids is 1. The quantitative estimate of drug-likeness (QED) is 0.887. The molecule has 0 saturated heterocycles. The Labute approximate surface area is 109 Å². The van der Waals surface area contributed by atoms with Gasteiger partial charge in [0.15, 0.2) is 0 Å². The number of carbonyl (C=O) groups is 1. The summed E-state index contributed by atoms with van der Waals surface area (Å²) in [5.74, 6) is -0.653. The third-order valence-corrected chi connectivity index (χ3v) is 4.35. The molecule has 0 amide bonds. The Kier molecular flexibility index (Phi) is 3.79. The molecule has 1 fully saturated rings. The van der Waals surface area contributed by atoms with Gasteiger partial charge in [-0.3, -0.25) is 4.79 Å². The predicted molar refractivity (Wildman–Crippen MR) is 71.7 cm³/mol. The monoisotopic (exact) mass is 249 g/mol. The van der Waals surface area contributed by atoms with Gasteiger partial charge in [0.25, 0.3) is 0 Å². The van der Waals surface area contributed by atoms with Gasteiger partial charge in [-0.1, -0.05) is 19.3 Å². The lowest BCUT2D eigenvalue weighted by atomic mass is 9.71. The van der Waals surface area contributed by atoms with E-state index in [0.29, 0.717) is 6.42 Å². The molecule has 1 aromatic rings.